The molecule has 4 aliphatic rings. The number of carboxylic acids is 1. The van der Waals surface area contributed by atoms with E-state index in [-0.39, 0.29) is 48.4 Å². The van der Waals surface area contributed by atoms with Crippen molar-refractivity contribution >= 4 is 48.0 Å². The van der Waals surface area contributed by atoms with Crippen LogP contribution in [0.3, 0.4) is 0 Å². The quantitative estimate of drug-likeness (QED) is 0.161. The minimum absolute atomic E-state index is 0. The summed E-state index contributed by atoms with van der Waals surface area (Å²) in [5.41, 5.74) is 2.12. The number of likely N-dealkylation sites (tertiary alicyclic amines) is 2. The van der Waals surface area contributed by atoms with Gasteiger partial charge in [-0.3, -0.25) is 39.4 Å². The monoisotopic (exact) mass is 840 g/mol. The Bertz CT molecular complexity index is 1720. The predicted octanol–water partition coefficient (Wildman–Crippen LogP) is 5.51. The topological polar surface area (TPSA) is 181 Å². The maximum Gasteiger partial charge on any atom is 0.306 e. The fraction of sp³-hybridized carbons (Fsp3) is 0.591. The molecule has 0 aromatic heterocycles. The van der Waals surface area contributed by atoms with Gasteiger partial charge in [-0.15, -0.1) is 12.4 Å². The van der Waals surface area contributed by atoms with Crippen LogP contribution in [-0.4, -0.2) is 108 Å². The van der Waals surface area contributed by atoms with E-state index in [1.165, 1.54) is 11.1 Å². The fourth-order valence-electron chi connectivity index (χ4n) is 7.81. The van der Waals surface area contributed by atoms with E-state index in [4.69, 9.17) is 19.3 Å². The van der Waals surface area contributed by atoms with E-state index in [1.807, 2.05) is 57.2 Å². The Kier molecular flexibility index (Phi) is 18.2. The molecule has 0 saturated carbocycles. The van der Waals surface area contributed by atoms with Gasteiger partial charge in [-0.25, -0.2) is 0 Å². The molecule has 0 bridgehead atoms. The highest BCUT2D eigenvalue weighted by Gasteiger charge is 2.30. The summed E-state index contributed by atoms with van der Waals surface area (Å²) in [5.74, 6) is 0.215. The third kappa shape index (κ3) is 15.9. The molecule has 4 aliphatic heterocycles. The number of amides is 4. The van der Waals surface area contributed by atoms with E-state index in [2.05, 4.69) is 32.6 Å². The maximum atomic E-state index is 11.8. The standard InChI is InChI=1S/C24H34N2O5.C20H26N2O5.ClH/c1-24(2,3)31-22(28)5-4-14-26-15-12-18(13-16-26)17-6-8-19(9-7-17)30-20-10-11-21(27)25-23(20)29;23-18-8-7-17(20(26)21-18)27-16-5-3-14(4-6-16)15-9-12-22(13-10-15)11-1-2-19(24)25;/h6-9,18,20H,4-5,10-16H2,1-3H3,(H,25,27,29);3-6,15,17H,1-2,7-13H2,(H,24,25)(H,21,23,26);1H/t20-;17-;/m00./s1. The van der Waals surface area contributed by atoms with E-state index in [9.17, 15) is 28.8 Å². The van der Waals surface area contributed by atoms with Crippen LogP contribution >= 0.6 is 12.4 Å². The van der Waals surface area contributed by atoms with Gasteiger partial charge in [-0.2, -0.15) is 0 Å². The molecule has 2 atom stereocenters. The molecule has 2 aromatic carbocycles. The highest BCUT2D eigenvalue weighted by atomic mass is 35.5. The van der Waals surface area contributed by atoms with Crippen LogP contribution in [0.25, 0.3) is 0 Å². The number of aliphatic carboxylic acids is 1. The normalized spacial score (nSPS) is 20.9. The van der Waals surface area contributed by atoms with Crippen molar-refractivity contribution in [1.29, 1.82) is 0 Å². The molecule has 59 heavy (non-hydrogen) atoms. The summed E-state index contributed by atoms with van der Waals surface area (Å²) in [6.07, 6.45) is 6.73. The Morgan fingerprint density at radius 1 is 0.644 bits per heavy atom. The minimum atomic E-state index is -0.732. The molecule has 15 heteroatoms. The van der Waals surface area contributed by atoms with Crippen molar-refractivity contribution in [3.8, 4) is 11.5 Å². The number of esters is 1. The molecule has 4 fully saturated rings. The summed E-state index contributed by atoms with van der Waals surface area (Å²) in [4.78, 5) is 73.2. The largest absolute Gasteiger partial charge is 0.481 e. The van der Waals surface area contributed by atoms with Crippen LogP contribution in [0.5, 0.6) is 11.5 Å². The number of piperidine rings is 4. The summed E-state index contributed by atoms with van der Waals surface area (Å²) >= 11 is 0. The van der Waals surface area contributed by atoms with Gasteiger partial charge < -0.3 is 29.1 Å². The Morgan fingerprint density at radius 2 is 1.03 bits per heavy atom. The zero-order valence-corrected chi connectivity index (χ0v) is 35.4. The molecule has 0 aliphatic carbocycles. The highest BCUT2D eigenvalue weighted by molar-refractivity contribution is 6.00. The SMILES string of the molecule is CC(C)(C)OC(=O)CCCN1CCC(c2ccc(O[C@H]3CCC(=O)NC3=O)cc2)CC1.Cl.O=C(O)CCCN1CCC(c2ccc(O[C@H]3CCC(=O)NC3=O)cc2)CC1. The number of benzene rings is 2. The summed E-state index contributed by atoms with van der Waals surface area (Å²) in [5, 5.41) is 13.3. The molecular formula is C44H61ClN4O10. The molecule has 4 amide bonds. The molecule has 4 saturated heterocycles. The number of carbonyl (C=O) groups is 6. The zero-order chi connectivity index (χ0) is 41.7. The first-order valence-electron chi connectivity index (χ1n) is 20.8. The second-order valence-electron chi connectivity index (χ2n) is 16.7. The average Bonchev–Trinajstić information content (AvgIpc) is 3.18. The van der Waals surface area contributed by atoms with Crippen LogP contribution in [0, 0.1) is 0 Å². The van der Waals surface area contributed by atoms with E-state index in [0.717, 1.165) is 71.4 Å². The Morgan fingerprint density at radius 3 is 1.39 bits per heavy atom. The van der Waals surface area contributed by atoms with Crippen molar-refractivity contribution in [1.82, 2.24) is 20.4 Å². The summed E-state index contributed by atoms with van der Waals surface area (Å²) in [6, 6.07) is 15.8. The molecular weight excluding hydrogens is 780 g/mol. The number of carbonyl (C=O) groups excluding carboxylic acids is 5. The van der Waals surface area contributed by atoms with Crippen LogP contribution in [0.2, 0.25) is 0 Å². The maximum absolute atomic E-state index is 11.8. The van der Waals surface area contributed by atoms with Gasteiger partial charge in [-0.05, 0) is 146 Å². The number of imide groups is 2. The van der Waals surface area contributed by atoms with Crippen LogP contribution < -0.4 is 20.1 Å². The van der Waals surface area contributed by atoms with Gasteiger partial charge in [-0.1, -0.05) is 24.3 Å². The third-order valence-electron chi connectivity index (χ3n) is 11.0. The molecule has 324 valence electrons. The fourth-order valence-corrected chi connectivity index (χ4v) is 7.81. The molecule has 6 rings (SSSR count). The number of hydrogen-bond acceptors (Lipinski definition) is 11. The third-order valence-corrected chi connectivity index (χ3v) is 11.0. The van der Waals surface area contributed by atoms with Crippen molar-refractivity contribution in [2.24, 2.45) is 0 Å². The number of nitrogens with one attached hydrogen (secondary N) is 2. The molecule has 0 spiro atoms. The van der Waals surface area contributed by atoms with E-state index >= 15 is 0 Å². The molecule has 4 heterocycles. The number of rotatable bonds is 14. The van der Waals surface area contributed by atoms with Crippen molar-refractivity contribution in [2.45, 2.75) is 127 Å². The Labute approximate surface area is 353 Å². The van der Waals surface area contributed by atoms with Crippen LogP contribution in [0.1, 0.15) is 121 Å². The average molecular weight is 841 g/mol. The first-order chi connectivity index (χ1) is 27.7. The lowest BCUT2D eigenvalue weighted by atomic mass is 9.89. The highest BCUT2D eigenvalue weighted by Crippen LogP contribution is 2.31. The lowest BCUT2D eigenvalue weighted by Crippen LogP contribution is -2.46. The van der Waals surface area contributed by atoms with Gasteiger partial charge in [0.1, 0.15) is 17.1 Å². The van der Waals surface area contributed by atoms with Crippen molar-refractivity contribution in [2.75, 3.05) is 39.3 Å². The number of nitrogens with zero attached hydrogens (tertiary/aromatic N) is 2. The van der Waals surface area contributed by atoms with E-state index < -0.39 is 23.8 Å². The molecule has 2 aromatic rings. The lowest BCUT2D eigenvalue weighted by molar-refractivity contribution is -0.155. The van der Waals surface area contributed by atoms with Crippen molar-refractivity contribution < 1.29 is 48.1 Å². The van der Waals surface area contributed by atoms with Gasteiger partial charge >= 0.3 is 11.9 Å². The number of ether oxygens (including phenoxy) is 3. The number of carboxylic acid groups (broad SMARTS) is 1. The van der Waals surface area contributed by atoms with Gasteiger partial charge in [0.05, 0.1) is 0 Å². The van der Waals surface area contributed by atoms with Gasteiger partial charge in [0.15, 0.2) is 12.2 Å². The van der Waals surface area contributed by atoms with E-state index in [0.29, 0.717) is 61.9 Å². The number of hydrogen-bond donors (Lipinski definition) is 3. The molecule has 14 nitrogen and oxygen atoms in total. The predicted molar refractivity (Wildman–Crippen MR) is 223 cm³/mol. The van der Waals surface area contributed by atoms with Crippen LogP contribution in [0.4, 0.5) is 0 Å². The summed E-state index contributed by atoms with van der Waals surface area (Å²) in [6.45, 7) is 11.5. The van der Waals surface area contributed by atoms with Crippen molar-refractivity contribution in [3.63, 3.8) is 0 Å². The van der Waals surface area contributed by atoms with Gasteiger partial charge in [0.2, 0.25) is 11.8 Å². The first-order valence-corrected chi connectivity index (χ1v) is 20.8. The Hall–Kier alpha value is -4.53. The zero-order valence-electron chi connectivity index (χ0n) is 34.6. The molecule has 3 N–H and O–H groups in total. The number of halogens is 1. The van der Waals surface area contributed by atoms with Crippen molar-refractivity contribution in [3.05, 3.63) is 59.7 Å². The van der Waals surface area contributed by atoms with Crippen LogP contribution in [0.15, 0.2) is 48.5 Å². The first kappa shape index (κ1) is 47.2. The van der Waals surface area contributed by atoms with Gasteiger partial charge in [0, 0.05) is 38.5 Å². The molecule has 0 unspecified atom stereocenters. The second kappa shape index (κ2) is 22.7. The van der Waals surface area contributed by atoms with Gasteiger partial charge in [0.25, 0.3) is 11.8 Å². The molecule has 0 radical (unpaired) electrons. The second-order valence-corrected chi connectivity index (χ2v) is 16.7. The summed E-state index contributed by atoms with van der Waals surface area (Å²) < 4.78 is 16.8. The lowest BCUT2D eigenvalue weighted by Gasteiger charge is -2.32. The minimum Gasteiger partial charge on any atom is -0.481 e. The van der Waals surface area contributed by atoms with Crippen LogP contribution in [-0.2, 0) is 33.5 Å². The Balaban J connectivity index is 0.000000259. The van der Waals surface area contributed by atoms with E-state index in [1.54, 1.807) is 0 Å². The summed E-state index contributed by atoms with van der Waals surface area (Å²) in [7, 11) is 0. The smallest absolute Gasteiger partial charge is 0.306 e.